The minimum atomic E-state index is -0.637. The number of nitrogens with zero attached hydrogens (tertiary/aromatic N) is 2. The van der Waals surface area contributed by atoms with Crippen molar-refractivity contribution in [2.75, 3.05) is 11.4 Å². The van der Waals surface area contributed by atoms with Crippen molar-refractivity contribution in [2.45, 2.75) is 33.8 Å². The van der Waals surface area contributed by atoms with Crippen molar-refractivity contribution in [3.63, 3.8) is 0 Å². The second-order valence-electron chi connectivity index (χ2n) is 7.29. The molecule has 1 amide bonds. The van der Waals surface area contributed by atoms with Gasteiger partial charge in [0.15, 0.2) is 11.9 Å². The van der Waals surface area contributed by atoms with Crippen LogP contribution in [-0.4, -0.2) is 29.3 Å². The van der Waals surface area contributed by atoms with E-state index >= 15 is 0 Å². The predicted octanol–water partition coefficient (Wildman–Crippen LogP) is 4.73. The van der Waals surface area contributed by atoms with Crippen molar-refractivity contribution in [1.29, 1.82) is 0 Å². The van der Waals surface area contributed by atoms with Gasteiger partial charge in [0, 0.05) is 16.0 Å². The van der Waals surface area contributed by atoms with E-state index in [9.17, 15) is 9.59 Å². The summed E-state index contributed by atoms with van der Waals surface area (Å²) in [4.78, 5) is 33.0. The third kappa shape index (κ3) is 3.68. The lowest BCUT2D eigenvalue weighted by atomic mass is 10.0. The van der Waals surface area contributed by atoms with Crippen molar-refractivity contribution < 1.29 is 14.3 Å². The predicted molar refractivity (Wildman–Crippen MR) is 115 cm³/mol. The molecular weight excluding hydrogens is 384 g/mol. The third-order valence-corrected chi connectivity index (χ3v) is 5.91. The highest BCUT2D eigenvalue weighted by molar-refractivity contribution is 7.11. The average molecular weight is 407 g/mol. The molecule has 0 saturated carbocycles. The molecular formula is C23H22N2O3S. The zero-order valence-electron chi connectivity index (χ0n) is 16.9. The summed E-state index contributed by atoms with van der Waals surface area (Å²) in [6, 6.07) is 13.1. The van der Waals surface area contributed by atoms with E-state index in [1.165, 1.54) is 4.90 Å². The zero-order valence-corrected chi connectivity index (χ0v) is 17.7. The van der Waals surface area contributed by atoms with Crippen LogP contribution in [0.25, 0.3) is 11.3 Å². The topological polar surface area (TPSA) is 59.5 Å². The van der Waals surface area contributed by atoms with Gasteiger partial charge in [-0.05, 0) is 45.9 Å². The van der Waals surface area contributed by atoms with E-state index in [-0.39, 0.29) is 18.2 Å². The molecule has 5 nitrogen and oxygen atoms in total. The Labute approximate surface area is 174 Å². The minimum Gasteiger partial charge on any atom is -0.479 e. The van der Waals surface area contributed by atoms with Gasteiger partial charge in [-0.3, -0.25) is 14.5 Å². The number of ketones is 1. The van der Waals surface area contributed by atoms with E-state index in [4.69, 9.17) is 4.74 Å². The summed E-state index contributed by atoms with van der Waals surface area (Å²) in [6.07, 6.45) is -0.637. The van der Waals surface area contributed by atoms with Crippen LogP contribution < -0.4 is 9.64 Å². The van der Waals surface area contributed by atoms with E-state index in [0.29, 0.717) is 17.0 Å². The van der Waals surface area contributed by atoms with Crippen LogP contribution in [-0.2, 0) is 4.79 Å². The number of carbonyl (C=O) groups is 2. The quantitative estimate of drug-likeness (QED) is 0.588. The number of amides is 1. The second-order valence-corrected chi connectivity index (χ2v) is 8.70. The van der Waals surface area contributed by atoms with Crippen LogP contribution in [0.15, 0.2) is 42.5 Å². The van der Waals surface area contributed by atoms with Crippen LogP contribution in [0.4, 0.5) is 5.69 Å². The number of anilines is 1. The molecule has 0 spiro atoms. The van der Waals surface area contributed by atoms with Gasteiger partial charge in [0.1, 0.15) is 5.75 Å². The summed E-state index contributed by atoms with van der Waals surface area (Å²) in [7, 11) is 0. The molecule has 2 heterocycles. The molecule has 0 fully saturated rings. The molecule has 4 rings (SSSR count). The molecule has 1 unspecified atom stereocenters. The van der Waals surface area contributed by atoms with E-state index in [1.54, 1.807) is 30.4 Å². The van der Waals surface area contributed by atoms with Gasteiger partial charge in [0.2, 0.25) is 0 Å². The Morgan fingerprint density at radius 3 is 2.52 bits per heavy atom. The number of thiazole rings is 1. The highest BCUT2D eigenvalue weighted by atomic mass is 32.1. The average Bonchev–Trinajstić information content (AvgIpc) is 3.03. The van der Waals surface area contributed by atoms with Crippen molar-refractivity contribution in [3.05, 3.63) is 63.5 Å². The first kappa shape index (κ1) is 19.3. The van der Waals surface area contributed by atoms with Gasteiger partial charge in [-0.1, -0.05) is 29.8 Å². The number of ether oxygens (including phenoxy) is 1. The number of fused-ring (bicyclic) bond motifs is 1. The lowest BCUT2D eigenvalue weighted by molar-refractivity contribution is -0.125. The molecule has 0 radical (unpaired) electrons. The van der Waals surface area contributed by atoms with Crippen LogP contribution in [0.5, 0.6) is 5.75 Å². The molecule has 3 aromatic rings. The van der Waals surface area contributed by atoms with Crippen molar-refractivity contribution >= 4 is 28.7 Å². The summed E-state index contributed by atoms with van der Waals surface area (Å²) in [5.41, 5.74) is 4.08. The largest absolute Gasteiger partial charge is 0.479 e. The molecule has 1 atom stereocenters. The maximum atomic E-state index is 12.9. The molecule has 148 valence electrons. The standard InChI is InChI=1S/C23H22N2O3S/c1-13-5-7-17(8-6-13)20(26)12-25-19-11-18(22-15(3)29-16(4)24-22)9-10-21(19)28-14(2)23(25)27/h5-11,14H,12H2,1-4H3. The number of benzene rings is 2. The molecule has 0 saturated heterocycles. The first-order valence-electron chi connectivity index (χ1n) is 9.50. The van der Waals surface area contributed by atoms with Gasteiger partial charge >= 0.3 is 0 Å². The molecule has 1 aliphatic heterocycles. The number of carbonyl (C=O) groups excluding carboxylic acids is 2. The van der Waals surface area contributed by atoms with E-state index in [2.05, 4.69) is 4.98 Å². The lowest BCUT2D eigenvalue weighted by Gasteiger charge is -2.33. The Bertz CT molecular complexity index is 1100. The Hall–Kier alpha value is -2.99. The van der Waals surface area contributed by atoms with Crippen LogP contribution in [0.2, 0.25) is 0 Å². The first-order valence-corrected chi connectivity index (χ1v) is 10.3. The summed E-state index contributed by atoms with van der Waals surface area (Å²) in [6.45, 7) is 7.65. The molecule has 2 aromatic carbocycles. The number of aromatic nitrogens is 1. The normalized spacial score (nSPS) is 15.8. The van der Waals surface area contributed by atoms with E-state index in [0.717, 1.165) is 26.7 Å². The van der Waals surface area contributed by atoms with Crippen molar-refractivity contribution in [1.82, 2.24) is 4.98 Å². The van der Waals surface area contributed by atoms with Gasteiger partial charge in [-0.2, -0.15) is 0 Å². The number of aryl methyl sites for hydroxylation is 3. The van der Waals surface area contributed by atoms with Crippen molar-refractivity contribution in [2.24, 2.45) is 0 Å². The molecule has 1 aliphatic rings. The van der Waals surface area contributed by atoms with Gasteiger partial charge in [0.05, 0.1) is 22.9 Å². The molecule has 0 bridgehead atoms. The Morgan fingerprint density at radius 1 is 1.14 bits per heavy atom. The highest BCUT2D eigenvalue weighted by Crippen LogP contribution is 2.38. The zero-order chi connectivity index (χ0) is 20.7. The number of rotatable bonds is 4. The van der Waals surface area contributed by atoms with Crippen LogP contribution >= 0.6 is 11.3 Å². The highest BCUT2D eigenvalue weighted by Gasteiger charge is 2.33. The Balaban J connectivity index is 1.72. The van der Waals surface area contributed by atoms with E-state index in [1.807, 2.05) is 51.1 Å². The van der Waals surface area contributed by atoms with Crippen LogP contribution in [0, 0.1) is 20.8 Å². The van der Waals surface area contributed by atoms with Gasteiger partial charge in [-0.15, -0.1) is 11.3 Å². The minimum absolute atomic E-state index is 0.0267. The molecule has 29 heavy (non-hydrogen) atoms. The maximum absolute atomic E-state index is 12.9. The van der Waals surface area contributed by atoms with Gasteiger partial charge in [0.25, 0.3) is 5.91 Å². The fourth-order valence-corrected chi connectivity index (χ4v) is 4.33. The fraction of sp³-hybridized carbons (Fsp3) is 0.261. The van der Waals surface area contributed by atoms with Gasteiger partial charge in [-0.25, -0.2) is 4.98 Å². The molecule has 6 heteroatoms. The number of hydrogen-bond acceptors (Lipinski definition) is 5. The third-order valence-electron chi connectivity index (χ3n) is 5.02. The summed E-state index contributed by atoms with van der Waals surface area (Å²) in [5, 5.41) is 0.988. The number of hydrogen-bond donors (Lipinski definition) is 0. The van der Waals surface area contributed by atoms with Crippen LogP contribution in [0.1, 0.15) is 32.7 Å². The molecule has 0 N–H and O–H groups in total. The summed E-state index contributed by atoms with van der Waals surface area (Å²) >= 11 is 1.64. The van der Waals surface area contributed by atoms with Crippen LogP contribution in [0.3, 0.4) is 0 Å². The summed E-state index contributed by atoms with van der Waals surface area (Å²) in [5.74, 6) is 0.271. The maximum Gasteiger partial charge on any atom is 0.268 e. The summed E-state index contributed by atoms with van der Waals surface area (Å²) < 4.78 is 5.78. The molecule has 0 aliphatic carbocycles. The van der Waals surface area contributed by atoms with Crippen molar-refractivity contribution in [3.8, 4) is 17.0 Å². The van der Waals surface area contributed by atoms with Gasteiger partial charge < -0.3 is 4.74 Å². The first-order chi connectivity index (χ1) is 13.8. The second kappa shape index (κ2) is 7.44. The SMILES string of the molecule is Cc1ccc(C(=O)CN2C(=O)C(C)Oc3ccc(-c4nc(C)sc4C)cc32)cc1. The smallest absolute Gasteiger partial charge is 0.268 e. The Morgan fingerprint density at radius 2 is 1.86 bits per heavy atom. The fourth-order valence-electron chi connectivity index (χ4n) is 3.49. The Kier molecular flexibility index (Phi) is 4.96. The number of Topliss-reactive ketones (excluding diaryl/α,β-unsaturated/α-hetero) is 1. The monoisotopic (exact) mass is 406 g/mol. The molecule has 1 aromatic heterocycles. The lowest BCUT2D eigenvalue weighted by Crippen LogP contribution is -2.46. The van der Waals surface area contributed by atoms with E-state index < -0.39 is 6.10 Å².